The van der Waals surface area contributed by atoms with E-state index in [2.05, 4.69) is 10.6 Å². The van der Waals surface area contributed by atoms with Crippen LogP contribution in [0.1, 0.15) is 27.0 Å². The van der Waals surface area contributed by atoms with Crippen LogP contribution in [0.15, 0.2) is 36.4 Å². The fourth-order valence-electron chi connectivity index (χ4n) is 3.00. The van der Waals surface area contributed by atoms with Crippen LogP contribution in [0.25, 0.3) is 0 Å². The molecular formula is C22H27N3O4. The highest BCUT2D eigenvalue weighted by molar-refractivity contribution is 5.98. The molecule has 0 spiro atoms. The first-order valence-electron chi connectivity index (χ1n) is 9.25. The second kappa shape index (κ2) is 9.73. The Morgan fingerprint density at radius 3 is 2.14 bits per heavy atom. The largest absolute Gasteiger partial charge is 0.497 e. The Kier molecular flexibility index (Phi) is 7.36. The Morgan fingerprint density at radius 1 is 1.00 bits per heavy atom. The van der Waals surface area contributed by atoms with Crippen molar-refractivity contribution in [3.8, 4) is 5.75 Å². The third-order valence-corrected chi connectivity index (χ3v) is 4.50. The molecule has 0 radical (unpaired) electrons. The van der Waals surface area contributed by atoms with Gasteiger partial charge in [0.05, 0.1) is 20.2 Å². The lowest BCUT2D eigenvalue weighted by atomic mass is 10.1. The van der Waals surface area contributed by atoms with E-state index in [0.717, 1.165) is 22.4 Å². The number of aryl methyl sites for hydroxylation is 3. The molecule has 2 aromatic rings. The van der Waals surface area contributed by atoms with Crippen LogP contribution in [0.5, 0.6) is 5.75 Å². The summed E-state index contributed by atoms with van der Waals surface area (Å²) >= 11 is 0. The first-order valence-corrected chi connectivity index (χ1v) is 9.25. The van der Waals surface area contributed by atoms with Crippen LogP contribution in [0.3, 0.4) is 0 Å². The zero-order valence-corrected chi connectivity index (χ0v) is 17.5. The van der Waals surface area contributed by atoms with Crippen molar-refractivity contribution in [2.24, 2.45) is 0 Å². The highest BCUT2D eigenvalue weighted by Gasteiger charge is 2.16. The normalized spacial score (nSPS) is 10.2. The lowest BCUT2D eigenvalue weighted by Gasteiger charge is -2.18. The number of hydrogen-bond acceptors (Lipinski definition) is 4. The summed E-state index contributed by atoms with van der Waals surface area (Å²) in [6.07, 6.45) is 0. The maximum absolute atomic E-state index is 12.3. The fraction of sp³-hybridized carbons (Fsp3) is 0.318. The molecule has 0 heterocycles. The number of anilines is 1. The average molecular weight is 397 g/mol. The van der Waals surface area contributed by atoms with Gasteiger partial charge in [0.2, 0.25) is 11.8 Å². The molecule has 2 aromatic carbocycles. The zero-order valence-electron chi connectivity index (χ0n) is 17.5. The van der Waals surface area contributed by atoms with Crippen molar-refractivity contribution in [3.63, 3.8) is 0 Å². The van der Waals surface area contributed by atoms with Crippen LogP contribution in [-0.4, -0.2) is 49.9 Å². The van der Waals surface area contributed by atoms with Crippen molar-refractivity contribution >= 4 is 23.4 Å². The summed E-state index contributed by atoms with van der Waals surface area (Å²) in [4.78, 5) is 38.0. The van der Waals surface area contributed by atoms with Crippen molar-refractivity contribution in [1.82, 2.24) is 10.2 Å². The molecule has 0 saturated carbocycles. The van der Waals surface area contributed by atoms with Crippen LogP contribution in [0.4, 0.5) is 5.69 Å². The molecule has 154 valence electrons. The van der Waals surface area contributed by atoms with Gasteiger partial charge >= 0.3 is 0 Å². The molecule has 29 heavy (non-hydrogen) atoms. The number of methoxy groups -OCH3 is 1. The molecule has 2 N–H and O–H groups in total. The fourth-order valence-corrected chi connectivity index (χ4v) is 3.00. The molecule has 2 rings (SSSR count). The molecule has 0 aliphatic carbocycles. The molecule has 7 heteroatoms. The van der Waals surface area contributed by atoms with Gasteiger partial charge in [-0.15, -0.1) is 0 Å². The van der Waals surface area contributed by atoms with E-state index >= 15 is 0 Å². The predicted molar refractivity (Wildman–Crippen MR) is 112 cm³/mol. The number of nitrogens with one attached hydrogen (secondary N) is 2. The predicted octanol–water partition coefficient (Wildman–Crippen LogP) is 2.45. The number of ether oxygens (including phenoxy) is 1. The van der Waals surface area contributed by atoms with Gasteiger partial charge in [-0.3, -0.25) is 14.4 Å². The molecule has 0 aromatic heterocycles. The topological polar surface area (TPSA) is 87.7 Å². The summed E-state index contributed by atoms with van der Waals surface area (Å²) < 4.78 is 5.05. The van der Waals surface area contributed by atoms with E-state index in [4.69, 9.17) is 4.74 Å². The summed E-state index contributed by atoms with van der Waals surface area (Å²) in [5, 5.41) is 5.42. The second-order valence-electron chi connectivity index (χ2n) is 6.98. The molecule has 0 aliphatic rings. The molecule has 7 nitrogen and oxygen atoms in total. The summed E-state index contributed by atoms with van der Waals surface area (Å²) in [6.45, 7) is 5.55. The Labute approximate surface area is 171 Å². The second-order valence-corrected chi connectivity index (χ2v) is 6.98. The number of likely N-dealkylation sites (N-methyl/N-ethyl adjacent to an activating group) is 1. The van der Waals surface area contributed by atoms with E-state index < -0.39 is 0 Å². The summed E-state index contributed by atoms with van der Waals surface area (Å²) in [5.74, 6) is -0.385. The van der Waals surface area contributed by atoms with Gasteiger partial charge in [0, 0.05) is 18.3 Å². The Balaban J connectivity index is 1.86. The highest BCUT2D eigenvalue weighted by Crippen LogP contribution is 2.21. The van der Waals surface area contributed by atoms with Gasteiger partial charge in [0.25, 0.3) is 5.91 Å². The van der Waals surface area contributed by atoms with Gasteiger partial charge in [-0.1, -0.05) is 17.7 Å². The zero-order chi connectivity index (χ0) is 21.6. The van der Waals surface area contributed by atoms with Crippen LogP contribution >= 0.6 is 0 Å². The smallest absolute Gasteiger partial charge is 0.251 e. The van der Waals surface area contributed by atoms with Crippen LogP contribution in [-0.2, 0) is 9.59 Å². The van der Waals surface area contributed by atoms with E-state index in [0.29, 0.717) is 11.3 Å². The standard InChI is InChI=1S/C22H27N3O4/c1-14-10-15(2)21(16(3)11-14)24-19(26)13-25(4)20(27)12-23-22(28)17-6-8-18(29-5)9-7-17/h6-11H,12-13H2,1-5H3,(H,23,28)(H,24,26). The van der Waals surface area contributed by atoms with E-state index in [1.54, 1.807) is 31.4 Å². The maximum atomic E-state index is 12.3. The van der Waals surface area contributed by atoms with Crippen molar-refractivity contribution in [3.05, 3.63) is 58.7 Å². The quantitative estimate of drug-likeness (QED) is 0.751. The van der Waals surface area contributed by atoms with E-state index in [9.17, 15) is 14.4 Å². The third-order valence-electron chi connectivity index (χ3n) is 4.50. The number of carbonyl (C=O) groups is 3. The minimum Gasteiger partial charge on any atom is -0.497 e. The first-order chi connectivity index (χ1) is 13.7. The van der Waals surface area contributed by atoms with Crippen LogP contribution in [0.2, 0.25) is 0 Å². The number of benzene rings is 2. The summed E-state index contributed by atoms with van der Waals surface area (Å²) in [6, 6.07) is 10.5. The molecule has 3 amide bonds. The third kappa shape index (κ3) is 6.07. The van der Waals surface area contributed by atoms with E-state index in [-0.39, 0.29) is 30.8 Å². The van der Waals surface area contributed by atoms with Gasteiger partial charge < -0.3 is 20.3 Å². The lowest BCUT2D eigenvalue weighted by Crippen LogP contribution is -2.41. The number of hydrogen-bond donors (Lipinski definition) is 2. The minimum atomic E-state index is -0.371. The molecular weight excluding hydrogens is 370 g/mol. The van der Waals surface area contributed by atoms with Gasteiger partial charge in [-0.05, 0) is 56.2 Å². The number of rotatable bonds is 7. The first kappa shape index (κ1) is 21.9. The number of amides is 3. The Hall–Kier alpha value is -3.35. The summed E-state index contributed by atoms with van der Waals surface area (Å²) in [7, 11) is 3.07. The van der Waals surface area contributed by atoms with Crippen molar-refractivity contribution in [2.45, 2.75) is 20.8 Å². The minimum absolute atomic E-state index is 0.107. The number of carbonyl (C=O) groups excluding carboxylic acids is 3. The molecule has 0 aliphatic heterocycles. The van der Waals surface area contributed by atoms with Crippen LogP contribution < -0.4 is 15.4 Å². The highest BCUT2D eigenvalue weighted by atomic mass is 16.5. The van der Waals surface area contributed by atoms with E-state index in [1.165, 1.54) is 11.9 Å². The van der Waals surface area contributed by atoms with Crippen molar-refractivity contribution in [2.75, 3.05) is 32.6 Å². The van der Waals surface area contributed by atoms with Gasteiger partial charge in [-0.25, -0.2) is 0 Å². The molecule has 0 fully saturated rings. The maximum Gasteiger partial charge on any atom is 0.251 e. The SMILES string of the molecule is COc1ccc(C(=O)NCC(=O)N(C)CC(=O)Nc2c(C)cc(C)cc2C)cc1. The summed E-state index contributed by atoms with van der Waals surface area (Å²) in [5.41, 5.74) is 4.24. The molecule has 0 atom stereocenters. The van der Waals surface area contributed by atoms with Gasteiger partial charge in [0.1, 0.15) is 5.75 Å². The molecule has 0 bridgehead atoms. The van der Waals surface area contributed by atoms with Crippen molar-refractivity contribution in [1.29, 1.82) is 0 Å². The lowest BCUT2D eigenvalue weighted by molar-refractivity contribution is -0.132. The molecule has 0 unspecified atom stereocenters. The van der Waals surface area contributed by atoms with Gasteiger partial charge in [0.15, 0.2) is 0 Å². The van der Waals surface area contributed by atoms with Crippen molar-refractivity contribution < 1.29 is 19.1 Å². The number of nitrogens with zero attached hydrogens (tertiary/aromatic N) is 1. The average Bonchev–Trinajstić information content (AvgIpc) is 2.68. The monoisotopic (exact) mass is 397 g/mol. The molecule has 0 saturated heterocycles. The van der Waals surface area contributed by atoms with E-state index in [1.807, 2.05) is 32.9 Å². The van der Waals surface area contributed by atoms with Gasteiger partial charge in [-0.2, -0.15) is 0 Å². The van der Waals surface area contributed by atoms with Crippen LogP contribution in [0, 0.1) is 20.8 Å². The Morgan fingerprint density at radius 2 is 1.59 bits per heavy atom. The Bertz CT molecular complexity index is 884.